The Kier molecular flexibility index (Phi) is 4.57. The van der Waals surface area contributed by atoms with Gasteiger partial charge < -0.3 is 11.1 Å². The molecule has 0 fully saturated rings. The van der Waals surface area contributed by atoms with Gasteiger partial charge in [-0.3, -0.25) is 9.78 Å². The van der Waals surface area contributed by atoms with Crippen molar-refractivity contribution in [2.24, 2.45) is 0 Å². The van der Waals surface area contributed by atoms with Crippen molar-refractivity contribution in [3.63, 3.8) is 0 Å². The fraction of sp³-hybridized carbons (Fsp3) is 0.214. The molecule has 1 heterocycles. The van der Waals surface area contributed by atoms with Crippen LogP contribution in [0, 0.1) is 6.92 Å². The van der Waals surface area contributed by atoms with Crippen LogP contribution in [0.15, 0.2) is 41.8 Å². The lowest BCUT2D eigenvalue weighted by atomic mass is 10.2. The van der Waals surface area contributed by atoms with Gasteiger partial charge in [0.2, 0.25) is 5.91 Å². The summed E-state index contributed by atoms with van der Waals surface area (Å²) in [7, 11) is 0. The van der Waals surface area contributed by atoms with E-state index in [4.69, 9.17) is 5.73 Å². The fourth-order valence-electron chi connectivity index (χ4n) is 1.64. The Morgan fingerprint density at radius 1 is 1.40 bits per heavy atom. The lowest BCUT2D eigenvalue weighted by Gasteiger charge is -2.13. The maximum Gasteiger partial charge on any atom is 0.237 e. The Morgan fingerprint density at radius 2 is 2.20 bits per heavy atom. The molecule has 0 aliphatic carbocycles. The number of hydrogen-bond acceptors (Lipinski definition) is 5. The number of benzene rings is 1. The number of nitrogens with zero attached hydrogens (tertiary/aromatic N) is 2. The van der Waals surface area contributed by atoms with Crippen LogP contribution in [0.3, 0.4) is 0 Å². The van der Waals surface area contributed by atoms with E-state index in [-0.39, 0.29) is 11.2 Å². The van der Waals surface area contributed by atoms with Crippen molar-refractivity contribution in [1.82, 2.24) is 9.97 Å². The molecule has 5 nitrogen and oxygen atoms in total. The number of aromatic nitrogens is 2. The SMILES string of the molecule is Cc1cc(N)ccc1NC(=O)C(C)Sc1cnccn1. The average molecular weight is 288 g/mol. The second kappa shape index (κ2) is 6.38. The van der Waals surface area contributed by atoms with Crippen LogP contribution in [0.25, 0.3) is 0 Å². The van der Waals surface area contributed by atoms with Gasteiger partial charge in [-0.15, -0.1) is 0 Å². The highest BCUT2D eigenvalue weighted by Crippen LogP contribution is 2.23. The Labute approximate surface area is 122 Å². The molecule has 104 valence electrons. The normalized spacial score (nSPS) is 11.9. The molecular weight excluding hydrogens is 272 g/mol. The number of nitrogens with one attached hydrogen (secondary N) is 1. The van der Waals surface area contributed by atoms with Crippen molar-refractivity contribution in [3.05, 3.63) is 42.4 Å². The third kappa shape index (κ3) is 3.71. The molecule has 20 heavy (non-hydrogen) atoms. The van der Waals surface area contributed by atoms with Crippen molar-refractivity contribution in [2.45, 2.75) is 24.1 Å². The van der Waals surface area contributed by atoms with Gasteiger partial charge in [0.25, 0.3) is 0 Å². The number of rotatable bonds is 4. The van der Waals surface area contributed by atoms with E-state index >= 15 is 0 Å². The van der Waals surface area contributed by atoms with E-state index < -0.39 is 0 Å². The van der Waals surface area contributed by atoms with Crippen LogP contribution in [0.2, 0.25) is 0 Å². The first kappa shape index (κ1) is 14.3. The summed E-state index contributed by atoms with van der Waals surface area (Å²) in [6.07, 6.45) is 4.85. The number of amides is 1. The Morgan fingerprint density at radius 3 is 2.85 bits per heavy atom. The predicted molar refractivity (Wildman–Crippen MR) is 81.6 cm³/mol. The lowest BCUT2D eigenvalue weighted by Crippen LogP contribution is -2.23. The standard InChI is InChI=1S/C14H16N4OS/c1-9-7-11(15)3-4-12(9)18-14(19)10(2)20-13-8-16-5-6-17-13/h3-8,10H,15H2,1-2H3,(H,18,19). The zero-order valence-electron chi connectivity index (χ0n) is 11.3. The molecule has 2 rings (SSSR count). The molecular formula is C14H16N4OS. The van der Waals surface area contributed by atoms with Crippen molar-refractivity contribution >= 4 is 29.0 Å². The fourth-order valence-corrected chi connectivity index (χ4v) is 2.41. The van der Waals surface area contributed by atoms with Crippen molar-refractivity contribution in [3.8, 4) is 0 Å². The average Bonchev–Trinajstić information content (AvgIpc) is 2.43. The largest absolute Gasteiger partial charge is 0.399 e. The molecule has 0 aliphatic heterocycles. The van der Waals surface area contributed by atoms with E-state index in [0.29, 0.717) is 5.69 Å². The third-order valence-corrected chi connectivity index (χ3v) is 3.73. The van der Waals surface area contributed by atoms with E-state index in [0.717, 1.165) is 16.3 Å². The zero-order chi connectivity index (χ0) is 14.5. The minimum Gasteiger partial charge on any atom is -0.399 e. The van der Waals surface area contributed by atoms with Gasteiger partial charge in [-0.1, -0.05) is 11.8 Å². The summed E-state index contributed by atoms with van der Waals surface area (Å²) in [5.41, 5.74) is 8.08. The first-order chi connectivity index (χ1) is 9.56. The number of aryl methyl sites for hydroxylation is 1. The minimum atomic E-state index is -0.261. The molecule has 3 N–H and O–H groups in total. The van der Waals surface area contributed by atoms with Crippen molar-refractivity contribution < 1.29 is 4.79 Å². The highest BCUT2D eigenvalue weighted by Gasteiger charge is 2.16. The van der Waals surface area contributed by atoms with Crippen LogP contribution in [-0.4, -0.2) is 21.1 Å². The smallest absolute Gasteiger partial charge is 0.237 e. The molecule has 1 unspecified atom stereocenters. The van der Waals surface area contributed by atoms with Gasteiger partial charge in [-0.05, 0) is 37.6 Å². The zero-order valence-corrected chi connectivity index (χ0v) is 12.1. The van der Waals surface area contributed by atoms with E-state index in [1.807, 2.05) is 26.0 Å². The van der Waals surface area contributed by atoms with Crippen LogP contribution < -0.4 is 11.1 Å². The molecule has 0 aliphatic rings. The number of hydrogen-bond donors (Lipinski definition) is 2. The molecule has 1 amide bonds. The topological polar surface area (TPSA) is 80.9 Å². The number of nitrogen functional groups attached to an aromatic ring is 1. The monoisotopic (exact) mass is 288 g/mol. The highest BCUT2D eigenvalue weighted by molar-refractivity contribution is 8.00. The number of carbonyl (C=O) groups excluding carboxylic acids is 1. The molecule has 0 saturated heterocycles. The van der Waals surface area contributed by atoms with Gasteiger partial charge in [0.1, 0.15) is 5.03 Å². The Hall–Kier alpha value is -2.08. The van der Waals surface area contributed by atoms with E-state index in [1.54, 1.807) is 24.7 Å². The second-order valence-electron chi connectivity index (χ2n) is 4.37. The van der Waals surface area contributed by atoms with E-state index in [2.05, 4.69) is 15.3 Å². The molecule has 0 radical (unpaired) electrons. The van der Waals surface area contributed by atoms with Crippen LogP contribution in [-0.2, 0) is 4.79 Å². The summed E-state index contributed by atoms with van der Waals surface area (Å²) in [6.45, 7) is 3.74. The molecule has 2 aromatic rings. The summed E-state index contributed by atoms with van der Waals surface area (Å²) in [5, 5.41) is 3.36. The predicted octanol–water partition coefficient (Wildman–Crippen LogP) is 2.49. The van der Waals surface area contributed by atoms with Crippen LogP contribution in [0.5, 0.6) is 0 Å². The maximum atomic E-state index is 12.1. The van der Waals surface area contributed by atoms with Gasteiger partial charge in [0, 0.05) is 23.8 Å². The number of thioether (sulfide) groups is 1. The van der Waals surface area contributed by atoms with E-state index in [1.165, 1.54) is 11.8 Å². The lowest BCUT2D eigenvalue weighted by molar-refractivity contribution is -0.115. The summed E-state index contributed by atoms with van der Waals surface area (Å²) in [4.78, 5) is 20.3. The van der Waals surface area contributed by atoms with Gasteiger partial charge >= 0.3 is 0 Å². The van der Waals surface area contributed by atoms with Crippen LogP contribution in [0.4, 0.5) is 11.4 Å². The molecule has 6 heteroatoms. The van der Waals surface area contributed by atoms with Gasteiger partial charge in [0.15, 0.2) is 0 Å². The summed E-state index contributed by atoms with van der Waals surface area (Å²) in [6, 6.07) is 5.40. The number of carbonyl (C=O) groups is 1. The molecule has 0 bridgehead atoms. The molecule has 1 aromatic heterocycles. The Bertz CT molecular complexity index is 603. The molecule has 1 atom stereocenters. The van der Waals surface area contributed by atoms with Gasteiger partial charge in [0.05, 0.1) is 11.4 Å². The highest BCUT2D eigenvalue weighted by atomic mass is 32.2. The van der Waals surface area contributed by atoms with Crippen LogP contribution in [0.1, 0.15) is 12.5 Å². The Balaban J connectivity index is 2.01. The van der Waals surface area contributed by atoms with Gasteiger partial charge in [-0.2, -0.15) is 0 Å². The summed E-state index contributed by atoms with van der Waals surface area (Å²) >= 11 is 1.37. The van der Waals surface area contributed by atoms with E-state index in [9.17, 15) is 4.79 Å². The van der Waals surface area contributed by atoms with Crippen molar-refractivity contribution in [2.75, 3.05) is 11.1 Å². The second-order valence-corrected chi connectivity index (χ2v) is 5.73. The molecule has 0 spiro atoms. The number of nitrogens with two attached hydrogens (primary N) is 1. The summed E-state index contributed by atoms with van der Waals surface area (Å²) in [5.74, 6) is -0.0754. The molecule has 1 aromatic carbocycles. The maximum absolute atomic E-state index is 12.1. The van der Waals surface area contributed by atoms with Crippen LogP contribution >= 0.6 is 11.8 Å². The quantitative estimate of drug-likeness (QED) is 0.667. The summed E-state index contributed by atoms with van der Waals surface area (Å²) < 4.78 is 0. The van der Waals surface area contributed by atoms with Gasteiger partial charge in [-0.25, -0.2) is 4.98 Å². The minimum absolute atomic E-state index is 0.0754. The first-order valence-corrected chi connectivity index (χ1v) is 7.04. The first-order valence-electron chi connectivity index (χ1n) is 6.16. The molecule has 0 saturated carbocycles. The van der Waals surface area contributed by atoms with Crippen molar-refractivity contribution in [1.29, 1.82) is 0 Å². The number of anilines is 2. The third-order valence-electron chi connectivity index (χ3n) is 2.71.